The van der Waals surface area contributed by atoms with Crippen LogP contribution in [0.15, 0.2) is 47.6 Å². The molecule has 6 nitrogen and oxygen atoms in total. The second kappa shape index (κ2) is 5.15. The lowest BCUT2D eigenvalue weighted by atomic mass is 10.2. The van der Waals surface area contributed by atoms with Crippen molar-refractivity contribution >= 4 is 21.4 Å². The van der Waals surface area contributed by atoms with E-state index < -0.39 is 10.0 Å². The number of aromatic nitrogens is 1. The summed E-state index contributed by atoms with van der Waals surface area (Å²) in [6.07, 6.45) is 2.76. The smallest absolute Gasteiger partial charge is 0.263 e. The number of nitrogens with zero attached hydrogens (tertiary/aromatic N) is 1. The van der Waals surface area contributed by atoms with E-state index in [0.717, 1.165) is 0 Å². The summed E-state index contributed by atoms with van der Waals surface area (Å²) in [4.78, 5) is 3.84. The van der Waals surface area contributed by atoms with Gasteiger partial charge in [-0.1, -0.05) is 0 Å². The van der Waals surface area contributed by atoms with Gasteiger partial charge in [-0.05, 0) is 24.3 Å². The Hall–Kier alpha value is -2.28. The number of methoxy groups -OCH3 is 1. The van der Waals surface area contributed by atoms with Crippen molar-refractivity contribution in [1.82, 2.24) is 4.98 Å². The van der Waals surface area contributed by atoms with E-state index in [-0.39, 0.29) is 10.6 Å². The van der Waals surface area contributed by atoms with Crippen LogP contribution >= 0.6 is 0 Å². The molecular formula is C12H13N3O3S. The minimum absolute atomic E-state index is 0.0669. The molecule has 0 spiro atoms. The third-order valence-electron chi connectivity index (χ3n) is 2.45. The molecule has 0 atom stereocenters. The average Bonchev–Trinajstić information content (AvgIpc) is 2.42. The van der Waals surface area contributed by atoms with Crippen molar-refractivity contribution in [2.45, 2.75) is 4.90 Å². The van der Waals surface area contributed by atoms with Gasteiger partial charge in [-0.25, -0.2) is 8.42 Å². The van der Waals surface area contributed by atoms with Gasteiger partial charge in [0.1, 0.15) is 10.6 Å². The van der Waals surface area contributed by atoms with E-state index in [4.69, 9.17) is 10.5 Å². The molecule has 0 unspecified atom stereocenters. The Morgan fingerprint density at radius 2 is 2.11 bits per heavy atom. The van der Waals surface area contributed by atoms with Crippen LogP contribution in [-0.4, -0.2) is 20.5 Å². The highest BCUT2D eigenvalue weighted by atomic mass is 32.2. The number of pyridine rings is 1. The molecular weight excluding hydrogens is 266 g/mol. The number of nitrogens with two attached hydrogens (primary N) is 1. The number of nitrogen functional groups attached to an aromatic ring is 1. The first-order chi connectivity index (χ1) is 9.03. The van der Waals surface area contributed by atoms with E-state index in [1.165, 1.54) is 31.6 Å². The zero-order valence-electron chi connectivity index (χ0n) is 10.2. The first-order valence-electron chi connectivity index (χ1n) is 5.39. The molecule has 100 valence electrons. The predicted octanol–water partition coefficient (Wildman–Crippen LogP) is 1.47. The number of hydrogen-bond donors (Lipinski definition) is 2. The lowest BCUT2D eigenvalue weighted by molar-refractivity contribution is 0.415. The van der Waals surface area contributed by atoms with E-state index in [0.29, 0.717) is 11.4 Å². The maximum atomic E-state index is 12.1. The van der Waals surface area contributed by atoms with Crippen molar-refractivity contribution in [3.8, 4) is 5.75 Å². The van der Waals surface area contributed by atoms with Gasteiger partial charge in [0.2, 0.25) is 0 Å². The minimum atomic E-state index is -3.71. The number of anilines is 2. The molecule has 19 heavy (non-hydrogen) atoms. The zero-order chi connectivity index (χ0) is 13.9. The molecule has 7 heteroatoms. The van der Waals surface area contributed by atoms with E-state index in [9.17, 15) is 8.42 Å². The van der Waals surface area contributed by atoms with Crippen molar-refractivity contribution in [2.24, 2.45) is 0 Å². The molecule has 0 saturated heterocycles. The quantitative estimate of drug-likeness (QED) is 0.826. The standard InChI is InChI=1S/C12H13N3O3S/c1-18-9-4-5-11(13)12(7-9)15-19(16,17)10-3-2-6-14-8-10/h2-8,15H,13H2,1H3. The molecule has 0 saturated carbocycles. The minimum Gasteiger partial charge on any atom is -0.497 e. The van der Waals surface area contributed by atoms with E-state index in [1.807, 2.05) is 0 Å². The highest BCUT2D eigenvalue weighted by molar-refractivity contribution is 7.92. The summed E-state index contributed by atoms with van der Waals surface area (Å²) in [5.41, 5.74) is 6.31. The van der Waals surface area contributed by atoms with Gasteiger partial charge in [0.15, 0.2) is 0 Å². The van der Waals surface area contributed by atoms with E-state index in [1.54, 1.807) is 18.2 Å². The van der Waals surface area contributed by atoms with Crippen LogP contribution in [0.5, 0.6) is 5.75 Å². The third-order valence-corrected chi connectivity index (χ3v) is 3.80. The SMILES string of the molecule is COc1ccc(N)c(NS(=O)(=O)c2cccnc2)c1. The predicted molar refractivity (Wildman–Crippen MR) is 72.5 cm³/mol. The molecule has 0 aliphatic heterocycles. The van der Waals surface area contributed by atoms with Gasteiger partial charge >= 0.3 is 0 Å². The van der Waals surface area contributed by atoms with Crippen molar-refractivity contribution in [3.63, 3.8) is 0 Å². The van der Waals surface area contributed by atoms with Gasteiger partial charge in [0, 0.05) is 18.5 Å². The van der Waals surface area contributed by atoms with Gasteiger partial charge in [-0.2, -0.15) is 0 Å². The van der Waals surface area contributed by atoms with Crippen LogP contribution in [0, 0.1) is 0 Å². The fraction of sp³-hybridized carbons (Fsp3) is 0.0833. The lowest BCUT2D eigenvalue weighted by Gasteiger charge is -2.11. The molecule has 0 fully saturated rings. The summed E-state index contributed by atoms with van der Waals surface area (Å²) < 4.78 is 31.6. The summed E-state index contributed by atoms with van der Waals surface area (Å²) >= 11 is 0. The number of benzene rings is 1. The Morgan fingerprint density at radius 3 is 2.74 bits per heavy atom. The first-order valence-corrected chi connectivity index (χ1v) is 6.87. The summed E-state index contributed by atoms with van der Waals surface area (Å²) in [6, 6.07) is 7.73. The molecule has 0 aliphatic carbocycles. The van der Waals surface area contributed by atoms with Crippen molar-refractivity contribution in [2.75, 3.05) is 17.6 Å². The average molecular weight is 279 g/mol. The van der Waals surface area contributed by atoms with Crippen LogP contribution in [0.3, 0.4) is 0 Å². The molecule has 1 heterocycles. The number of hydrogen-bond acceptors (Lipinski definition) is 5. The largest absolute Gasteiger partial charge is 0.497 e. The van der Waals surface area contributed by atoms with Crippen LogP contribution < -0.4 is 15.2 Å². The number of rotatable bonds is 4. The second-order valence-corrected chi connectivity index (χ2v) is 5.43. The van der Waals surface area contributed by atoms with Gasteiger partial charge < -0.3 is 10.5 Å². The molecule has 0 amide bonds. The Labute approximate surface area is 111 Å². The Bertz CT molecular complexity index is 672. The number of sulfonamides is 1. The lowest BCUT2D eigenvalue weighted by Crippen LogP contribution is -2.14. The van der Waals surface area contributed by atoms with Gasteiger partial charge in [-0.3, -0.25) is 9.71 Å². The molecule has 0 radical (unpaired) electrons. The first kappa shape index (κ1) is 13.2. The second-order valence-electron chi connectivity index (χ2n) is 3.75. The fourth-order valence-corrected chi connectivity index (χ4v) is 2.50. The topological polar surface area (TPSA) is 94.3 Å². The molecule has 0 aliphatic rings. The van der Waals surface area contributed by atoms with Crippen LogP contribution in [0.25, 0.3) is 0 Å². The van der Waals surface area contributed by atoms with Crippen LogP contribution in [0.1, 0.15) is 0 Å². The molecule has 1 aromatic heterocycles. The fourth-order valence-electron chi connectivity index (χ4n) is 1.46. The molecule has 3 N–H and O–H groups in total. The van der Waals surface area contributed by atoms with E-state index >= 15 is 0 Å². The van der Waals surface area contributed by atoms with Crippen LogP contribution in [0.4, 0.5) is 11.4 Å². The van der Waals surface area contributed by atoms with Crippen LogP contribution in [0.2, 0.25) is 0 Å². The zero-order valence-corrected chi connectivity index (χ0v) is 11.0. The van der Waals surface area contributed by atoms with Crippen molar-refractivity contribution in [1.29, 1.82) is 0 Å². The summed E-state index contributed by atoms with van der Waals surface area (Å²) in [6.45, 7) is 0. The van der Waals surface area contributed by atoms with Gasteiger partial charge in [-0.15, -0.1) is 0 Å². The monoisotopic (exact) mass is 279 g/mol. The third kappa shape index (κ3) is 2.94. The Kier molecular flexibility index (Phi) is 3.57. The molecule has 0 bridgehead atoms. The summed E-state index contributed by atoms with van der Waals surface area (Å²) in [5, 5.41) is 0. The van der Waals surface area contributed by atoms with Crippen molar-refractivity contribution in [3.05, 3.63) is 42.7 Å². The molecule has 1 aromatic carbocycles. The highest BCUT2D eigenvalue weighted by Crippen LogP contribution is 2.26. The van der Waals surface area contributed by atoms with E-state index in [2.05, 4.69) is 9.71 Å². The molecule has 2 rings (SSSR count). The normalized spacial score (nSPS) is 11.0. The highest BCUT2D eigenvalue weighted by Gasteiger charge is 2.15. The summed E-state index contributed by atoms with van der Waals surface area (Å²) in [5.74, 6) is 0.512. The molecule has 2 aromatic rings. The number of nitrogens with one attached hydrogen (secondary N) is 1. The van der Waals surface area contributed by atoms with Crippen LogP contribution in [-0.2, 0) is 10.0 Å². The van der Waals surface area contributed by atoms with Gasteiger partial charge in [0.05, 0.1) is 18.5 Å². The maximum absolute atomic E-state index is 12.1. The Morgan fingerprint density at radius 1 is 1.32 bits per heavy atom. The Balaban J connectivity index is 2.36. The number of ether oxygens (including phenoxy) is 1. The summed E-state index contributed by atoms with van der Waals surface area (Å²) in [7, 11) is -2.22. The van der Waals surface area contributed by atoms with Gasteiger partial charge in [0.25, 0.3) is 10.0 Å². The maximum Gasteiger partial charge on any atom is 0.263 e. The van der Waals surface area contributed by atoms with Crippen molar-refractivity contribution < 1.29 is 13.2 Å².